The van der Waals surface area contributed by atoms with E-state index in [0.29, 0.717) is 13.2 Å². The number of carbonyl (C=O) groups is 1. The van der Waals surface area contributed by atoms with E-state index in [-0.39, 0.29) is 11.9 Å². The van der Waals surface area contributed by atoms with Crippen molar-refractivity contribution < 1.29 is 9.53 Å². The van der Waals surface area contributed by atoms with Crippen LogP contribution in [0, 0.1) is 13.8 Å². The van der Waals surface area contributed by atoms with Crippen molar-refractivity contribution in [3.63, 3.8) is 0 Å². The molecule has 3 rings (SSSR count). The molecule has 1 atom stereocenters. The largest absolute Gasteiger partial charge is 0.379 e. The molecule has 0 radical (unpaired) electrons. The van der Waals surface area contributed by atoms with Crippen LogP contribution in [0.5, 0.6) is 0 Å². The van der Waals surface area contributed by atoms with Gasteiger partial charge in [0.2, 0.25) is 0 Å². The highest BCUT2D eigenvalue weighted by molar-refractivity contribution is 7.13. The maximum Gasteiger partial charge on any atom is 0.270 e. The van der Waals surface area contributed by atoms with Crippen LogP contribution in [0.25, 0.3) is 0 Å². The molecule has 21 heavy (non-hydrogen) atoms. The minimum atomic E-state index is 0.0276. The first kappa shape index (κ1) is 14.2. The smallest absolute Gasteiger partial charge is 0.270 e. The van der Waals surface area contributed by atoms with E-state index < -0.39 is 0 Å². The van der Waals surface area contributed by atoms with Gasteiger partial charge in [0, 0.05) is 12.3 Å². The van der Waals surface area contributed by atoms with Crippen LogP contribution in [0.2, 0.25) is 0 Å². The van der Waals surface area contributed by atoms with Gasteiger partial charge in [0.25, 0.3) is 5.91 Å². The number of benzene rings is 1. The number of para-hydroxylation sites is 1. The van der Waals surface area contributed by atoms with Crippen molar-refractivity contribution in [2.45, 2.75) is 26.3 Å². The van der Waals surface area contributed by atoms with Gasteiger partial charge < -0.3 is 9.64 Å². The SMILES string of the molecule is Cc1nc(C)c(C(=O)N(c2ccccc2)C2CCOC2)s1. The topological polar surface area (TPSA) is 42.4 Å². The summed E-state index contributed by atoms with van der Waals surface area (Å²) in [7, 11) is 0. The molecule has 1 unspecified atom stereocenters. The molecule has 4 nitrogen and oxygen atoms in total. The van der Waals surface area contributed by atoms with Gasteiger partial charge in [0.1, 0.15) is 4.88 Å². The van der Waals surface area contributed by atoms with E-state index in [4.69, 9.17) is 4.74 Å². The molecule has 2 aromatic rings. The van der Waals surface area contributed by atoms with Crippen molar-refractivity contribution >= 4 is 22.9 Å². The number of nitrogens with zero attached hydrogens (tertiary/aromatic N) is 2. The molecule has 0 saturated carbocycles. The van der Waals surface area contributed by atoms with Gasteiger partial charge in [-0.05, 0) is 32.4 Å². The third-order valence-electron chi connectivity index (χ3n) is 3.62. The minimum Gasteiger partial charge on any atom is -0.379 e. The molecule has 0 aliphatic carbocycles. The molecule has 1 aromatic carbocycles. The van der Waals surface area contributed by atoms with E-state index in [0.717, 1.165) is 27.7 Å². The van der Waals surface area contributed by atoms with Gasteiger partial charge in [0.05, 0.1) is 23.4 Å². The maximum atomic E-state index is 13.0. The molecule has 0 bridgehead atoms. The molecule has 1 aliphatic rings. The fourth-order valence-electron chi connectivity index (χ4n) is 2.65. The van der Waals surface area contributed by atoms with Crippen molar-refractivity contribution in [2.24, 2.45) is 0 Å². The van der Waals surface area contributed by atoms with Gasteiger partial charge in [-0.2, -0.15) is 0 Å². The lowest BCUT2D eigenvalue weighted by molar-refractivity contribution is 0.0975. The predicted molar refractivity (Wildman–Crippen MR) is 84.1 cm³/mol. The fraction of sp³-hybridized carbons (Fsp3) is 0.375. The van der Waals surface area contributed by atoms with E-state index in [1.165, 1.54) is 11.3 Å². The maximum absolute atomic E-state index is 13.0. The number of ether oxygens (including phenoxy) is 1. The summed E-state index contributed by atoms with van der Waals surface area (Å²) in [6.07, 6.45) is 0.872. The first-order valence-electron chi connectivity index (χ1n) is 7.07. The Labute approximate surface area is 128 Å². The number of rotatable bonds is 3. The Kier molecular flexibility index (Phi) is 4.03. The summed E-state index contributed by atoms with van der Waals surface area (Å²) in [6, 6.07) is 9.91. The summed E-state index contributed by atoms with van der Waals surface area (Å²) in [5.74, 6) is 0.0276. The van der Waals surface area contributed by atoms with Gasteiger partial charge >= 0.3 is 0 Å². The highest BCUT2D eigenvalue weighted by Gasteiger charge is 2.31. The third kappa shape index (κ3) is 2.84. The summed E-state index contributed by atoms with van der Waals surface area (Å²) < 4.78 is 5.47. The van der Waals surface area contributed by atoms with E-state index in [1.807, 2.05) is 49.1 Å². The number of hydrogen-bond donors (Lipinski definition) is 0. The lowest BCUT2D eigenvalue weighted by Crippen LogP contribution is -2.40. The Balaban J connectivity index is 1.99. The van der Waals surface area contributed by atoms with Gasteiger partial charge in [-0.3, -0.25) is 4.79 Å². The first-order valence-corrected chi connectivity index (χ1v) is 7.89. The summed E-state index contributed by atoms with van der Waals surface area (Å²) in [4.78, 5) is 20.0. The van der Waals surface area contributed by atoms with Gasteiger partial charge in [-0.25, -0.2) is 4.98 Å². The molecule has 5 heteroatoms. The zero-order valence-electron chi connectivity index (χ0n) is 12.2. The molecule has 2 heterocycles. The second-order valence-corrected chi connectivity index (χ2v) is 6.38. The highest BCUT2D eigenvalue weighted by atomic mass is 32.1. The first-order chi connectivity index (χ1) is 10.2. The number of thiazole rings is 1. The molecular weight excluding hydrogens is 284 g/mol. The Morgan fingerprint density at radius 3 is 2.67 bits per heavy atom. The van der Waals surface area contributed by atoms with Crippen molar-refractivity contribution in [3.8, 4) is 0 Å². The second-order valence-electron chi connectivity index (χ2n) is 5.18. The van der Waals surface area contributed by atoms with E-state index in [1.54, 1.807) is 0 Å². The van der Waals surface area contributed by atoms with Crippen LogP contribution in [0.3, 0.4) is 0 Å². The summed E-state index contributed by atoms with van der Waals surface area (Å²) >= 11 is 1.46. The quantitative estimate of drug-likeness (QED) is 0.874. The lowest BCUT2D eigenvalue weighted by atomic mass is 10.1. The highest BCUT2D eigenvalue weighted by Crippen LogP contribution is 2.27. The van der Waals surface area contributed by atoms with Crippen molar-refractivity contribution in [1.29, 1.82) is 0 Å². The van der Waals surface area contributed by atoms with E-state index in [2.05, 4.69) is 4.98 Å². The molecule has 1 amide bonds. The zero-order valence-corrected chi connectivity index (χ0v) is 13.0. The average molecular weight is 302 g/mol. The fourth-order valence-corrected chi connectivity index (χ4v) is 3.50. The standard InChI is InChI=1S/C16H18N2O2S/c1-11-15(21-12(2)17-11)16(19)18(14-8-9-20-10-14)13-6-4-3-5-7-13/h3-7,14H,8-10H2,1-2H3. The summed E-state index contributed by atoms with van der Waals surface area (Å²) in [5, 5.41) is 0.923. The van der Waals surface area contributed by atoms with Crippen LogP contribution in [-0.4, -0.2) is 30.1 Å². The normalized spacial score (nSPS) is 17.9. The second kappa shape index (κ2) is 5.95. The van der Waals surface area contributed by atoms with Gasteiger partial charge in [-0.1, -0.05) is 18.2 Å². The van der Waals surface area contributed by atoms with Gasteiger partial charge in [0.15, 0.2) is 0 Å². The van der Waals surface area contributed by atoms with Crippen LogP contribution < -0.4 is 4.90 Å². The molecule has 1 aromatic heterocycles. The van der Waals surface area contributed by atoms with Crippen LogP contribution in [0.1, 0.15) is 26.8 Å². The predicted octanol–water partition coefficient (Wildman–Crippen LogP) is 3.20. The molecule has 1 saturated heterocycles. The van der Waals surface area contributed by atoms with Crippen molar-refractivity contribution in [3.05, 3.63) is 45.9 Å². The number of hydrogen-bond acceptors (Lipinski definition) is 4. The number of aryl methyl sites for hydroxylation is 2. The molecular formula is C16H18N2O2S. The summed E-state index contributed by atoms with van der Waals surface area (Å²) in [5.41, 5.74) is 1.73. The van der Waals surface area contributed by atoms with Crippen molar-refractivity contribution in [2.75, 3.05) is 18.1 Å². The number of amides is 1. The Bertz CT molecular complexity index is 633. The van der Waals surface area contributed by atoms with E-state index >= 15 is 0 Å². The molecule has 1 aliphatic heterocycles. The Morgan fingerprint density at radius 2 is 2.10 bits per heavy atom. The minimum absolute atomic E-state index is 0.0276. The monoisotopic (exact) mass is 302 g/mol. The Morgan fingerprint density at radius 1 is 1.33 bits per heavy atom. The summed E-state index contributed by atoms with van der Waals surface area (Å²) in [6.45, 7) is 5.13. The van der Waals surface area contributed by atoms with Crippen LogP contribution >= 0.6 is 11.3 Å². The van der Waals surface area contributed by atoms with Crippen LogP contribution in [-0.2, 0) is 4.74 Å². The number of carbonyl (C=O) groups excluding carboxylic acids is 1. The molecule has 0 N–H and O–H groups in total. The molecule has 0 spiro atoms. The molecule has 1 fully saturated rings. The van der Waals surface area contributed by atoms with E-state index in [9.17, 15) is 4.79 Å². The average Bonchev–Trinajstić information content (AvgIpc) is 3.10. The third-order valence-corrected chi connectivity index (χ3v) is 4.68. The van der Waals surface area contributed by atoms with Gasteiger partial charge in [-0.15, -0.1) is 11.3 Å². The van der Waals surface area contributed by atoms with Crippen LogP contribution in [0.15, 0.2) is 30.3 Å². The van der Waals surface area contributed by atoms with Crippen LogP contribution in [0.4, 0.5) is 5.69 Å². The molecule has 110 valence electrons. The number of aromatic nitrogens is 1. The van der Waals surface area contributed by atoms with Crippen molar-refractivity contribution in [1.82, 2.24) is 4.98 Å². The lowest BCUT2D eigenvalue weighted by Gasteiger charge is -2.27. The Hall–Kier alpha value is -1.72. The zero-order chi connectivity index (χ0) is 14.8. The number of anilines is 1.